The number of hydrogen-bond donors (Lipinski definition) is 1. The number of benzene rings is 1. The number of carbonyl (C=O) groups excluding carboxylic acids is 2. The summed E-state index contributed by atoms with van der Waals surface area (Å²) in [6, 6.07) is 10.0. The first-order chi connectivity index (χ1) is 11.5. The summed E-state index contributed by atoms with van der Waals surface area (Å²) in [6.07, 6.45) is 2.10. The Morgan fingerprint density at radius 3 is 2.58 bits per heavy atom. The van der Waals surface area contributed by atoms with Crippen molar-refractivity contribution < 1.29 is 14.7 Å². The van der Waals surface area contributed by atoms with Gasteiger partial charge < -0.3 is 14.9 Å². The van der Waals surface area contributed by atoms with E-state index < -0.39 is 0 Å². The molecule has 1 N–H and O–H groups in total. The predicted octanol–water partition coefficient (Wildman–Crippen LogP) is 1.31. The van der Waals surface area contributed by atoms with E-state index in [-0.39, 0.29) is 23.8 Å². The third kappa shape index (κ3) is 3.31. The van der Waals surface area contributed by atoms with Crippen LogP contribution in [0.3, 0.4) is 0 Å². The molecule has 2 aliphatic rings. The Hall–Kier alpha value is -1.88. The van der Waals surface area contributed by atoms with E-state index in [2.05, 4.69) is 0 Å². The standard InChI is InChI=1S/C19H26N2O3/c1-15(23)21-11-17-9-10-20(12-19(17,13-21)14-22)18(24)8-7-16-5-3-2-4-6-16/h2-6,17,22H,7-14H2,1H3/t17-,19+/m1/s1. The molecule has 3 rings (SSSR count). The maximum Gasteiger partial charge on any atom is 0.222 e. The minimum atomic E-state index is -0.341. The first-order valence-electron chi connectivity index (χ1n) is 8.72. The van der Waals surface area contributed by atoms with Gasteiger partial charge in [-0.2, -0.15) is 0 Å². The van der Waals surface area contributed by atoms with E-state index in [0.29, 0.717) is 32.0 Å². The number of aryl methyl sites for hydroxylation is 1. The van der Waals surface area contributed by atoms with Crippen LogP contribution in [0.1, 0.15) is 25.3 Å². The van der Waals surface area contributed by atoms with Crippen molar-refractivity contribution in [3.63, 3.8) is 0 Å². The van der Waals surface area contributed by atoms with Gasteiger partial charge in [0.1, 0.15) is 0 Å². The maximum atomic E-state index is 12.6. The molecule has 2 fully saturated rings. The van der Waals surface area contributed by atoms with Crippen molar-refractivity contribution in [1.82, 2.24) is 9.80 Å². The fraction of sp³-hybridized carbons (Fsp3) is 0.579. The summed E-state index contributed by atoms with van der Waals surface area (Å²) >= 11 is 0. The van der Waals surface area contributed by atoms with Crippen molar-refractivity contribution in [3.05, 3.63) is 35.9 Å². The second-order valence-electron chi connectivity index (χ2n) is 7.21. The van der Waals surface area contributed by atoms with Gasteiger partial charge in [-0.25, -0.2) is 0 Å². The molecule has 24 heavy (non-hydrogen) atoms. The van der Waals surface area contributed by atoms with Crippen LogP contribution in [-0.4, -0.2) is 59.5 Å². The van der Waals surface area contributed by atoms with E-state index in [9.17, 15) is 14.7 Å². The van der Waals surface area contributed by atoms with Crippen LogP contribution in [0, 0.1) is 11.3 Å². The van der Waals surface area contributed by atoms with Gasteiger partial charge in [0.15, 0.2) is 0 Å². The molecule has 1 aromatic rings. The molecule has 0 aliphatic carbocycles. The quantitative estimate of drug-likeness (QED) is 0.905. The van der Waals surface area contributed by atoms with Crippen LogP contribution < -0.4 is 0 Å². The van der Waals surface area contributed by atoms with Crippen LogP contribution in [0.4, 0.5) is 0 Å². The third-order valence-electron chi connectivity index (χ3n) is 5.65. The molecule has 0 aromatic heterocycles. The van der Waals surface area contributed by atoms with Gasteiger partial charge in [0.05, 0.1) is 6.61 Å². The molecule has 5 nitrogen and oxygen atoms in total. The number of carbonyl (C=O) groups is 2. The smallest absolute Gasteiger partial charge is 0.222 e. The molecule has 0 spiro atoms. The number of piperidine rings is 1. The SMILES string of the molecule is CC(=O)N1C[C@H]2CCN(C(=O)CCc3ccccc3)C[C@@]2(CO)C1. The molecule has 2 heterocycles. The van der Waals surface area contributed by atoms with Crippen LogP contribution in [0.25, 0.3) is 0 Å². The molecule has 2 saturated heterocycles. The molecule has 0 radical (unpaired) electrons. The first-order valence-corrected chi connectivity index (χ1v) is 8.72. The Morgan fingerprint density at radius 1 is 1.21 bits per heavy atom. The van der Waals surface area contributed by atoms with Crippen molar-refractivity contribution in [3.8, 4) is 0 Å². The number of nitrogens with zero attached hydrogens (tertiary/aromatic N) is 2. The average Bonchev–Trinajstić information content (AvgIpc) is 3.00. The molecule has 2 amide bonds. The zero-order valence-corrected chi connectivity index (χ0v) is 14.3. The van der Waals surface area contributed by atoms with E-state index >= 15 is 0 Å². The van der Waals surface area contributed by atoms with Crippen molar-refractivity contribution >= 4 is 11.8 Å². The number of aliphatic hydroxyl groups is 1. The normalized spacial score (nSPS) is 26.3. The monoisotopic (exact) mass is 330 g/mol. The van der Waals surface area contributed by atoms with Gasteiger partial charge in [0.2, 0.25) is 11.8 Å². The third-order valence-corrected chi connectivity index (χ3v) is 5.65. The van der Waals surface area contributed by atoms with Gasteiger partial charge in [0, 0.05) is 44.9 Å². The van der Waals surface area contributed by atoms with Gasteiger partial charge in [-0.05, 0) is 24.3 Å². The lowest BCUT2D eigenvalue weighted by Gasteiger charge is -2.43. The molecule has 0 unspecified atom stereocenters. The fourth-order valence-electron chi connectivity index (χ4n) is 4.12. The summed E-state index contributed by atoms with van der Waals surface area (Å²) in [7, 11) is 0. The topological polar surface area (TPSA) is 60.9 Å². The van der Waals surface area contributed by atoms with E-state index in [1.807, 2.05) is 40.1 Å². The van der Waals surface area contributed by atoms with Crippen molar-refractivity contribution in [2.75, 3.05) is 32.8 Å². The van der Waals surface area contributed by atoms with E-state index in [1.54, 1.807) is 6.92 Å². The summed E-state index contributed by atoms with van der Waals surface area (Å²) in [5.74, 6) is 0.496. The number of hydrogen-bond acceptors (Lipinski definition) is 3. The number of rotatable bonds is 4. The minimum Gasteiger partial charge on any atom is -0.396 e. The second kappa shape index (κ2) is 6.93. The Kier molecular flexibility index (Phi) is 4.90. The van der Waals surface area contributed by atoms with Gasteiger partial charge in [-0.1, -0.05) is 30.3 Å². The average molecular weight is 330 g/mol. The molecule has 130 valence electrons. The predicted molar refractivity (Wildman–Crippen MR) is 91.2 cm³/mol. The molecule has 5 heteroatoms. The summed E-state index contributed by atoms with van der Waals surface area (Å²) in [6.45, 7) is 4.17. The Labute approximate surface area is 143 Å². The lowest BCUT2D eigenvalue weighted by molar-refractivity contribution is -0.136. The summed E-state index contributed by atoms with van der Waals surface area (Å²) in [5, 5.41) is 9.98. The number of amides is 2. The van der Waals surface area contributed by atoms with Crippen LogP contribution in [0.2, 0.25) is 0 Å². The Morgan fingerprint density at radius 2 is 1.92 bits per heavy atom. The zero-order valence-electron chi connectivity index (χ0n) is 14.3. The molecular formula is C19H26N2O3. The van der Waals surface area contributed by atoms with Gasteiger partial charge in [-0.3, -0.25) is 9.59 Å². The Balaban J connectivity index is 1.62. The molecule has 0 saturated carbocycles. The summed E-state index contributed by atoms with van der Waals surface area (Å²) < 4.78 is 0. The Bertz CT molecular complexity index is 604. The minimum absolute atomic E-state index is 0.0317. The number of likely N-dealkylation sites (tertiary alicyclic amines) is 2. The number of fused-ring (bicyclic) bond motifs is 1. The van der Waals surface area contributed by atoms with Crippen LogP contribution >= 0.6 is 0 Å². The molecule has 1 aromatic carbocycles. The van der Waals surface area contributed by atoms with E-state index in [4.69, 9.17) is 0 Å². The molecule has 2 aliphatic heterocycles. The molecule has 0 bridgehead atoms. The summed E-state index contributed by atoms with van der Waals surface area (Å²) in [5.41, 5.74) is 0.827. The second-order valence-corrected chi connectivity index (χ2v) is 7.21. The lowest BCUT2D eigenvalue weighted by atomic mass is 9.74. The van der Waals surface area contributed by atoms with Crippen molar-refractivity contribution in [2.24, 2.45) is 11.3 Å². The molecule has 2 atom stereocenters. The highest BCUT2D eigenvalue weighted by molar-refractivity contribution is 5.77. The first kappa shape index (κ1) is 17.0. The van der Waals surface area contributed by atoms with Gasteiger partial charge in [0.25, 0.3) is 0 Å². The van der Waals surface area contributed by atoms with E-state index in [1.165, 1.54) is 5.56 Å². The lowest BCUT2D eigenvalue weighted by Crippen LogP contribution is -2.52. The fourth-order valence-corrected chi connectivity index (χ4v) is 4.12. The number of aliphatic hydroxyl groups excluding tert-OH is 1. The van der Waals surface area contributed by atoms with Crippen LogP contribution in [0.15, 0.2) is 30.3 Å². The van der Waals surface area contributed by atoms with Crippen LogP contribution in [-0.2, 0) is 16.0 Å². The summed E-state index contributed by atoms with van der Waals surface area (Å²) in [4.78, 5) is 28.0. The zero-order chi connectivity index (χ0) is 17.2. The largest absolute Gasteiger partial charge is 0.396 e. The van der Waals surface area contributed by atoms with Gasteiger partial charge >= 0.3 is 0 Å². The highest BCUT2D eigenvalue weighted by Crippen LogP contribution is 2.42. The maximum absolute atomic E-state index is 12.6. The van der Waals surface area contributed by atoms with Crippen molar-refractivity contribution in [2.45, 2.75) is 26.2 Å². The van der Waals surface area contributed by atoms with Crippen LogP contribution in [0.5, 0.6) is 0 Å². The van der Waals surface area contributed by atoms with Gasteiger partial charge in [-0.15, -0.1) is 0 Å². The highest BCUT2D eigenvalue weighted by Gasteiger charge is 2.50. The van der Waals surface area contributed by atoms with E-state index in [0.717, 1.165) is 19.4 Å². The molecular weight excluding hydrogens is 304 g/mol. The van der Waals surface area contributed by atoms with Crippen molar-refractivity contribution in [1.29, 1.82) is 0 Å². The highest BCUT2D eigenvalue weighted by atomic mass is 16.3.